The van der Waals surface area contributed by atoms with Gasteiger partial charge in [-0.1, -0.05) is 30.3 Å². The van der Waals surface area contributed by atoms with Crippen molar-refractivity contribution in [2.24, 2.45) is 11.7 Å². The largest absolute Gasteiger partial charge is 0.376 e. The van der Waals surface area contributed by atoms with E-state index in [1.165, 1.54) is 5.56 Å². The molecule has 0 bridgehead atoms. The van der Waals surface area contributed by atoms with Crippen LogP contribution in [0.5, 0.6) is 0 Å². The van der Waals surface area contributed by atoms with Gasteiger partial charge in [0.25, 0.3) is 0 Å². The van der Waals surface area contributed by atoms with Crippen LogP contribution in [0.2, 0.25) is 0 Å². The van der Waals surface area contributed by atoms with Gasteiger partial charge in [-0.05, 0) is 18.9 Å². The van der Waals surface area contributed by atoms with Crippen LogP contribution in [0.15, 0.2) is 30.3 Å². The van der Waals surface area contributed by atoms with Crippen molar-refractivity contribution in [3.05, 3.63) is 35.9 Å². The van der Waals surface area contributed by atoms with Gasteiger partial charge in [0.05, 0.1) is 19.3 Å². The first-order valence-corrected chi connectivity index (χ1v) is 6.83. The lowest BCUT2D eigenvalue weighted by Gasteiger charge is -2.18. The summed E-state index contributed by atoms with van der Waals surface area (Å²) < 4.78 is 5.72. The van der Waals surface area contributed by atoms with E-state index < -0.39 is 6.04 Å². The molecule has 104 valence electrons. The number of likely N-dealkylation sites (tertiary alicyclic amines) is 1. The molecular formula is C15H22N2O2. The van der Waals surface area contributed by atoms with Crippen LogP contribution >= 0.6 is 0 Å². The number of carbonyl (C=O) groups excluding carboxylic acids is 1. The fourth-order valence-corrected chi connectivity index (χ4v) is 2.37. The summed E-state index contributed by atoms with van der Waals surface area (Å²) in [7, 11) is 0. The van der Waals surface area contributed by atoms with E-state index in [-0.39, 0.29) is 5.91 Å². The maximum atomic E-state index is 11.7. The van der Waals surface area contributed by atoms with E-state index in [2.05, 4.69) is 12.1 Å². The molecule has 2 rings (SSSR count). The SMILES string of the molecule is CC(N)C(=O)N1CCC(COCc2ccccc2)C1. The van der Waals surface area contributed by atoms with E-state index >= 15 is 0 Å². The molecule has 1 amide bonds. The van der Waals surface area contributed by atoms with Crippen molar-refractivity contribution in [3.8, 4) is 0 Å². The van der Waals surface area contributed by atoms with Gasteiger partial charge < -0.3 is 15.4 Å². The zero-order valence-corrected chi connectivity index (χ0v) is 11.4. The molecule has 2 N–H and O–H groups in total. The second-order valence-electron chi connectivity index (χ2n) is 5.23. The Labute approximate surface area is 114 Å². The molecule has 2 unspecified atom stereocenters. The lowest BCUT2D eigenvalue weighted by molar-refractivity contribution is -0.131. The maximum absolute atomic E-state index is 11.7. The average molecular weight is 262 g/mol. The highest BCUT2D eigenvalue weighted by molar-refractivity contribution is 5.81. The van der Waals surface area contributed by atoms with Crippen molar-refractivity contribution in [2.45, 2.75) is 26.0 Å². The van der Waals surface area contributed by atoms with Gasteiger partial charge in [0.2, 0.25) is 5.91 Å². The first kappa shape index (κ1) is 14.0. The number of hydrogen-bond acceptors (Lipinski definition) is 3. The van der Waals surface area contributed by atoms with E-state index in [1.807, 2.05) is 23.1 Å². The topological polar surface area (TPSA) is 55.6 Å². The molecular weight excluding hydrogens is 240 g/mol. The summed E-state index contributed by atoms with van der Waals surface area (Å²) in [6.07, 6.45) is 1.01. The lowest BCUT2D eigenvalue weighted by Crippen LogP contribution is -2.40. The monoisotopic (exact) mass is 262 g/mol. The predicted octanol–water partition coefficient (Wildman–Crippen LogP) is 1.40. The molecule has 0 spiro atoms. The number of hydrogen-bond donors (Lipinski definition) is 1. The maximum Gasteiger partial charge on any atom is 0.239 e. The third-order valence-electron chi connectivity index (χ3n) is 3.45. The molecule has 1 aliphatic rings. The van der Waals surface area contributed by atoms with Gasteiger partial charge in [-0.15, -0.1) is 0 Å². The Morgan fingerprint density at radius 2 is 2.21 bits per heavy atom. The summed E-state index contributed by atoms with van der Waals surface area (Å²) in [6.45, 7) is 4.66. The van der Waals surface area contributed by atoms with E-state index in [1.54, 1.807) is 6.92 Å². The Balaban J connectivity index is 1.70. The van der Waals surface area contributed by atoms with E-state index in [9.17, 15) is 4.79 Å². The van der Waals surface area contributed by atoms with E-state index in [0.717, 1.165) is 19.5 Å². The molecule has 0 aliphatic carbocycles. The molecule has 19 heavy (non-hydrogen) atoms. The fraction of sp³-hybridized carbons (Fsp3) is 0.533. The van der Waals surface area contributed by atoms with Crippen LogP contribution in [0.25, 0.3) is 0 Å². The Bertz CT molecular complexity index is 406. The first-order valence-electron chi connectivity index (χ1n) is 6.83. The van der Waals surface area contributed by atoms with Crippen LogP contribution in [0.1, 0.15) is 18.9 Å². The third kappa shape index (κ3) is 4.04. The molecule has 0 aromatic heterocycles. The van der Waals surface area contributed by atoms with Gasteiger partial charge in [-0.25, -0.2) is 0 Å². The van der Waals surface area contributed by atoms with Gasteiger partial charge in [0, 0.05) is 19.0 Å². The zero-order chi connectivity index (χ0) is 13.7. The van der Waals surface area contributed by atoms with Crippen molar-refractivity contribution in [1.82, 2.24) is 4.90 Å². The number of benzene rings is 1. The summed E-state index contributed by atoms with van der Waals surface area (Å²) in [5, 5.41) is 0. The van der Waals surface area contributed by atoms with Crippen LogP contribution in [0.4, 0.5) is 0 Å². The number of rotatable bonds is 5. The molecule has 1 aliphatic heterocycles. The summed E-state index contributed by atoms with van der Waals surface area (Å²) in [5.41, 5.74) is 6.80. The van der Waals surface area contributed by atoms with Crippen molar-refractivity contribution < 1.29 is 9.53 Å². The fourth-order valence-electron chi connectivity index (χ4n) is 2.37. The number of carbonyl (C=O) groups is 1. The van der Waals surface area contributed by atoms with E-state index in [0.29, 0.717) is 19.1 Å². The van der Waals surface area contributed by atoms with Gasteiger partial charge in [-0.2, -0.15) is 0 Å². The van der Waals surface area contributed by atoms with Gasteiger partial charge in [0.15, 0.2) is 0 Å². The first-order chi connectivity index (χ1) is 9.16. The molecule has 1 saturated heterocycles. The molecule has 1 aromatic carbocycles. The Morgan fingerprint density at radius 1 is 1.47 bits per heavy atom. The zero-order valence-electron chi connectivity index (χ0n) is 11.4. The van der Waals surface area contributed by atoms with Crippen LogP contribution in [0.3, 0.4) is 0 Å². The van der Waals surface area contributed by atoms with Crippen molar-refractivity contribution in [3.63, 3.8) is 0 Å². The summed E-state index contributed by atoms with van der Waals surface area (Å²) >= 11 is 0. The highest BCUT2D eigenvalue weighted by atomic mass is 16.5. The standard InChI is InChI=1S/C15H22N2O2/c1-12(16)15(18)17-8-7-14(9-17)11-19-10-13-5-3-2-4-6-13/h2-6,12,14H,7-11,16H2,1H3. The summed E-state index contributed by atoms with van der Waals surface area (Å²) in [6, 6.07) is 9.73. The minimum atomic E-state index is -0.399. The molecule has 0 radical (unpaired) electrons. The normalized spacial score (nSPS) is 20.5. The molecule has 2 atom stereocenters. The molecule has 1 heterocycles. The van der Waals surface area contributed by atoms with Crippen LogP contribution in [-0.2, 0) is 16.1 Å². The highest BCUT2D eigenvalue weighted by Crippen LogP contribution is 2.17. The molecule has 0 saturated carbocycles. The minimum Gasteiger partial charge on any atom is -0.376 e. The quantitative estimate of drug-likeness (QED) is 0.872. The minimum absolute atomic E-state index is 0.0468. The van der Waals surface area contributed by atoms with Crippen LogP contribution < -0.4 is 5.73 Å². The average Bonchev–Trinajstić information content (AvgIpc) is 2.88. The highest BCUT2D eigenvalue weighted by Gasteiger charge is 2.27. The summed E-state index contributed by atoms with van der Waals surface area (Å²) in [5.74, 6) is 0.483. The van der Waals surface area contributed by atoms with Gasteiger partial charge in [0.1, 0.15) is 0 Å². The molecule has 1 aromatic rings. The Kier molecular flexibility index (Phi) is 4.93. The Hall–Kier alpha value is -1.39. The van der Waals surface area contributed by atoms with Crippen molar-refractivity contribution >= 4 is 5.91 Å². The second-order valence-corrected chi connectivity index (χ2v) is 5.23. The van der Waals surface area contributed by atoms with Gasteiger partial charge in [-0.3, -0.25) is 4.79 Å². The Morgan fingerprint density at radius 3 is 2.89 bits per heavy atom. The number of nitrogens with two attached hydrogens (primary N) is 1. The number of amides is 1. The molecule has 4 heteroatoms. The second kappa shape index (κ2) is 6.68. The lowest BCUT2D eigenvalue weighted by atomic mass is 10.1. The summed E-state index contributed by atoms with van der Waals surface area (Å²) in [4.78, 5) is 13.6. The third-order valence-corrected chi connectivity index (χ3v) is 3.45. The van der Waals surface area contributed by atoms with Crippen LogP contribution in [-0.4, -0.2) is 36.5 Å². The van der Waals surface area contributed by atoms with Crippen molar-refractivity contribution in [2.75, 3.05) is 19.7 Å². The molecule has 4 nitrogen and oxygen atoms in total. The predicted molar refractivity (Wildman–Crippen MR) is 74.4 cm³/mol. The van der Waals surface area contributed by atoms with Crippen molar-refractivity contribution in [1.29, 1.82) is 0 Å². The number of ether oxygens (including phenoxy) is 1. The smallest absolute Gasteiger partial charge is 0.239 e. The van der Waals surface area contributed by atoms with E-state index in [4.69, 9.17) is 10.5 Å². The van der Waals surface area contributed by atoms with Crippen LogP contribution in [0, 0.1) is 5.92 Å². The number of nitrogens with zero attached hydrogens (tertiary/aromatic N) is 1. The van der Waals surface area contributed by atoms with Gasteiger partial charge >= 0.3 is 0 Å². The molecule has 1 fully saturated rings.